The van der Waals surface area contributed by atoms with E-state index >= 15 is 0 Å². The minimum Gasteiger partial charge on any atom is -0.340 e. The maximum absolute atomic E-state index is 13.8. The highest BCUT2D eigenvalue weighted by Crippen LogP contribution is 2.43. The van der Waals surface area contributed by atoms with Gasteiger partial charge in [-0.15, -0.1) is 0 Å². The number of fused-ring (bicyclic) bond motifs is 3. The summed E-state index contributed by atoms with van der Waals surface area (Å²) in [6.45, 7) is 0.775. The first-order valence-electron chi connectivity index (χ1n) is 10.5. The number of carbonyl (C=O) groups excluding carboxylic acids is 1. The Kier molecular flexibility index (Phi) is 4.41. The molecule has 1 aromatic carbocycles. The van der Waals surface area contributed by atoms with Gasteiger partial charge in [-0.3, -0.25) is 4.79 Å². The number of aromatic nitrogens is 2. The Morgan fingerprint density at radius 1 is 1.21 bits per heavy atom. The largest absolute Gasteiger partial charge is 0.340 e. The molecular weight excluding hydrogens is 365 g/mol. The van der Waals surface area contributed by atoms with Gasteiger partial charge in [0.2, 0.25) is 5.91 Å². The summed E-state index contributed by atoms with van der Waals surface area (Å²) < 4.78 is 15.8. The van der Waals surface area contributed by atoms with E-state index in [4.69, 9.17) is 0 Å². The highest BCUT2D eigenvalue weighted by Gasteiger charge is 2.45. The van der Waals surface area contributed by atoms with Gasteiger partial charge in [0.25, 0.3) is 0 Å². The van der Waals surface area contributed by atoms with Gasteiger partial charge < -0.3 is 9.47 Å². The van der Waals surface area contributed by atoms with Crippen molar-refractivity contribution in [1.82, 2.24) is 14.5 Å². The number of benzene rings is 1. The minimum atomic E-state index is -0.514. The summed E-state index contributed by atoms with van der Waals surface area (Å²) in [5, 5.41) is 1.16. The Balaban J connectivity index is 1.44. The number of hydrogen-bond donors (Lipinski definition) is 0. The Bertz CT molecular complexity index is 1050. The van der Waals surface area contributed by atoms with Crippen LogP contribution in [0.25, 0.3) is 11.0 Å². The maximum Gasteiger partial charge on any atom is 0.233 e. The van der Waals surface area contributed by atoms with Crippen molar-refractivity contribution < 1.29 is 9.18 Å². The molecule has 1 amide bonds. The topological polar surface area (TPSA) is 38.1 Å². The van der Waals surface area contributed by atoms with Gasteiger partial charge in [0.15, 0.2) is 0 Å². The van der Waals surface area contributed by atoms with Crippen molar-refractivity contribution in [3.05, 3.63) is 65.7 Å². The molecule has 0 N–H and O–H groups in total. The van der Waals surface area contributed by atoms with Crippen LogP contribution in [-0.4, -0.2) is 33.4 Å². The van der Waals surface area contributed by atoms with Gasteiger partial charge in [-0.25, -0.2) is 9.37 Å². The fourth-order valence-electron chi connectivity index (χ4n) is 5.36. The van der Waals surface area contributed by atoms with E-state index < -0.39 is 5.41 Å². The molecule has 0 spiro atoms. The molecule has 29 heavy (non-hydrogen) atoms. The highest BCUT2D eigenvalue weighted by molar-refractivity contribution is 5.89. The van der Waals surface area contributed by atoms with Gasteiger partial charge >= 0.3 is 0 Å². The average molecular weight is 391 g/mol. The molecule has 1 atom stereocenters. The lowest BCUT2D eigenvalue weighted by atomic mass is 9.77. The van der Waals surface area contributed by atoms with Gasteiger partial charge in [-0.2, -0.15) is 0 Å². The number of rotatable bonds is 3. The van der Waals surface area contributed by atoms with Crippen molar-refractivity contribution in [2.45, 2.75) is 56.5 Å². The molecule has 1 saturated carbocycles. The molecule has 5 heteroatoms. The fraction of sp³-hybridized carbons (Fsp3) is 0.417. The van der Waals surface area contributed by atoms with Gasteiger partial charge in [-0.05, 0) is 61.6 Å². The van der Waals surface area contributed by atoms with E-state index in [1.165, 1.54) is 17.8 Å². The number of halogens is 1. The molecule has 3 heterocycles. The Morgan fingerprint density at radius 3 is 2.72 bits per heavy atom. The summed E-state index contributed by atoms with van der Waals surface area (Å²) in [6.07, 6.45) is 7.49. The zero-order valence-electron chi connectivity index (χ0n) is 16.8. The molecule has 0 bridgehead atoms. The number of carbonyl (C=O) groups is 1. The van der Waals surface area contributed by atoms with Crippen molar-refractivity contribution in [3.8, 4) is 0 Å². The predicted molar refractivity (Wildman–Crippen MR) is 111 cm³/mol. The summed E-state index contributed by atoms with van der Waals surface area (Å²) in [7, 11) is 1.95. The Labute approximate surface area is 170 Å². The molecule has 5 rings (SSSR count). The SMILES string of the molecule is CN(C(=O)C1(c2ccc(F)cc2)CCCC1)[C@@H]1CCc2cc3cccnc3n2C1. The maximum atomic E-state index is 13.8. The third-order valence-electron chi connectivity index (χ3n) is 7.00. The molecule has 1 aliphatic carbocycles. The van der Waals surface area contributed by atoms with Crippen LogP contribution in [0.1, 0.15) is 43.4 Å². The molecular formula is C24H26FN3O. The van der Waals surface area contributed by atoms with Crippen molar-refractivity contribution >= 4 is 16.9 Å². The summed E-state index contributed by atoms with van der Waals surface area (Å²) in [4.78, 5) is 20.3. The minimum absolute atomic E-state index is 0.144. The number of hydrogen-bond acceptors (Lipinski definition) is 2. The zero-order valence-corrected chi connectivity index (χ0v) is 16.8. The van der Waals surface area contributed by atoms with E-state index in [1.807, 2.05) is 24.2 Å². The van der Waals surface area contributed by atoms with Crippen LogP contribution >= 0.6 is 0 Å². The second-order valence-corrected chi connectivity index (χ2v) is 8.57. The summed E-state index contributed by atoms with van der Waals surface area (Å²) in [6, 6.07) is 13.0. The summed E-state index contributed by atoms with van der Waals surface area (Å²) >= 11 is 0. The third-order valence-corrected chi connectivity index (χ3v) is 7.00. The molecule has 1 aliphatic heterocycles. The van der Waals surface area contributed by atoms with Crippen molar-refractivity contribution in [3.63, 3.8) is 0 Å². The van der Waals surface area contributed by atoms with E-state index in [2.05, 4.69) is 21.7 Å². The lowest BCUT2D eigenvalue weighted by molar-refractivity contribution is -0.138. The summed E-state index contributed by atoms with van der Waals surface area (Å²) in [5.74, 6) is -0.0750. The second kappa shape index (κ2) is 6.97. The molecule has 4 nitrogen and oxygen atoms in total. The molecule has 1 fully saturated rings. The van der Waals surface area contributed by atoms with E-state index in [9.17, 15) is 9.18 Å². The summed E-state index contributed by atoms with van der Waals surface area (Å²) in [5.41, 5.74) is 2.74. The number of pyridine rings is 1. The van der Waals surface area contributed by atoms with Crippen molar-refractivity contribution in [2.24, 2.45) is 0 Å². The lowest BCUT2D eigenvalue weighted by Crippen LogP contribution is -2.50. The molecule has 3 aromatic rings. The smallest absolute Gasteiger partial charge is 0.233 e. The molecule has 0 radical (unpaired) electrons. The van der Waals surface area contributed by atoms with Crippen LogP contribution in [0, 0.1) is 5.82 Å². The Hall–Kier alpha value is -2.69. The molecule has 0 unspecified atom stereocenters. The first kappa shape index (κ1) is 18.3. The van der Waals surface area contributed by atoms with Crippen molar-refractivity contribution in [2.75, 3.05) is 7.05 Å². The Morgan fingerprint density at radius 2 is 1.97 bits per heavy atom. The van der Waals surface area contributed by atoms with Crippen LogP contribution < -0.4 is 0 Å². The molecule has 2 aromatic heterocycles. The lowest BCUT2D eigenvalue weighted by Gasteiger charge is -2.39. The van der Waals surface area contributed by atoms with Crippen LogP contribution in [0.15, 0.2) is 48.7 Å². The monoisotopic (exact) mass is 391 g/mol. The second-order valence-electron chi connectivity index (χ2n) is 8.57. The van der Waals surface area contributed by atoms with Gasteiger partial charge in [-0.1, -0.05) is 25.0 Å². The standard InChI is InChI=1S/C24H26FN3O/c1-27(21-11-10-20-15-17-5-4-14-26-22(17)28(20)16-21)23(29)24(12-2-3-13-24)18-6-8-19(25)9-7-18/h4-9,14-15,21H,2-3,10-13,16H2,1H3/t21-/m1/s1. The highest BCUT2D eigenvalue weighted by atomic mass is 19.1. The number of amides is 1. The number of nitrogens with zero attached hydrogens (tertiary/aromatic N) is 3. The first-order valence-corrected chi connectivity index (χ1v) is 10.5. The third kappa shape index (κ3) is 2.95. The van der Waals surface area contributed by atoms with E-state index in [-0.39, 0.29) is 17.8 Å². The van der Waals surface area contributed by atoms with E-state index in [0.717, 1.165) is 61.7 Å². The van der Waals surface area contributed by atoms with Crippen LogP contribution in [-0.2, 0) is 23.2 Å². The molecule has 150 valence electrons. The van der Waals surface area contributed by atoms with Crippen LogP contribution in [0.4, 0.5) is 4.39 Å². The predicted octanol–water partition coefficient (Wildman–Crippen LogP) is 4.46. The van der Waals surface area contributed by atoms with Crippen molar-refractivity contribution in [1.29, 1.82) is 0 Å². The molecule has 0 saturated heterocycles. The van der Waals surface area contributed by atoms with Gasteiger partial charge in [0.05, 0.1) is 5.41 Å². The van der Waals surface area contributed by atoms with Gasteiger partial charge in [0, 0.05) is 36.9 Å². The quantitative estimate of drug-likeness (QED) is 0.661. The van der Waals surface area contributed by atoms with Gasteiger partial charge in [0.1, 0.15) is 11.5 Å². The normalized spacial score (nSPS) is 20.6. The average Bonchev–Trinajstić information content (AvgIpc) is 3.38. The number of likely N-dealkylation sites (N-methyl/N-ethyl adjacent to an activating group) is 1. The first-order chi connectivity index (χ1) is 14.1. The number of aryl methyl sites for hydroxylation is 1. The van der Waals surface area contributed by atoms with Crippen LogP contribution in [0.3, 0.4) is 0 Å². The van der Waals surface area contributed by atoms with Crippen LogP contribution in [0.2, 0.25) is 0 Å². The fourth-order valence-corrected chi connectivity index (χ4v) is 5.36. The van der Waals surface area contributed by atoms with E-state index in [1.54, 1.807) is 12.1 Å². The zero-order chi connectivity index (χ0) is 20.0. The van der Waals surface area contributed by atoms with E-state index in [0.29, 0.717) is 0 Å². The molecule has 2 aliphatic rings. The van der Waals surface area contributed by atoms with Crippen LogP contribution in [0.5, 0.6) is 0 Å².